The maximum atomic E-state index is 10.3. The average molecular weight is 138 g/mol. The molecule has 0 fully saturated rings. The van der Waals surface area contributed by atoms with E-state index < -0.39 is 5.97 Å². The summed E-state index contributed by atoms with van der Waals surface area (Å²) >= 11 is 0. The number of para-hydroxylation sites is 1. The zero-order valence-electron chi connectivity index (χ0n) is 5.24. The van der Waals surface area contributed by atoms with Crippen LogP contribution in [0.25, 0.3) is 0 Å². The van der Waals surface area contributed by atoms with E-state index in [-0.39, 0.29) is 5.56 Å². The van der Waals surface area contributed by atoms with Crippen LogP contribution in [0.5, 0.6) is 0 Å². The molecule has 3 N–H and O–H groups in total. The number of hydrogen-bond acceptors (Lipinski definition) is 2. The number of carboxylic acid groups (broad SMARTS) is 1. The van der Waals surface area contributed by atoms with Crippen LogP contribution >= 0.6 is 0 Å². The minimum atomic E-state index is -0.988. The molecule has 3 heteroatoms. The third kappa shape index (κ3) is 1.07. The Hall–Kier alpha value is -1.51. The highest BCUT2D eigenvalue weighted by Crippen LogP contribution is 2.08. The molecule has 3 nitrogen and oxygen atoms in total. The zero-order valence-corrected chi connectivity index (χ0v) is 5.24. The van der Waals surface area contributed by atoms with E-state index in [1.807, 2.05) is 0 Å². The number of aromatic carboxylic acids is 1. The van der Waals surface area contributed by atoms with E-state index in [0.29, 0.717) is 5.69 Å². The molecular formula is C7H7NO2. The van der Waals surface area contributed by atoms with Crippen LogP contribution in [0.2, 0.25) is 0 Å². The third-order valence-corrected chi connectivity index (χ3v) is 1.19. The highest BCUT2D eigenvalue weighted by atomic mass is 16.4. The molecular weight excluding hydrogens is 131 g/mol. The first kappa shape index (κ1) is 6.61. The third-order valence-electron chi connectivity index (χ3n) is 1.19. The van der Waals surface area contributed by atoms with Gasteiger partial charge in [0, 0.05) is 5.69 Å². The summed E-state index contributed by atoms with van der Waals surface area (Å²) in [6.07, 6.45) is 0. The van der Waals surface area contributed by atoms with E-state index in [1.54, 1.807) is 18.2 Å². The van der Waals surface area contributed by atoms with Gasteiger partial charge in [0.2, 0.25) is 0 Å². The first-order valence-corrected chi connectivity index (χ1v) is 2.79. The molecule has 0 saturated heterocycles. The van der Waals surface area contributed by atoms with Crippen molar-refractivity contribution in [2.75, 3.05) is 5.73 Å². The van der Waals surface area contributed by atoms with Crippen molar-refractivity contribution < 1.29 is 9.90 Å². The summed E-state index contributed by atoms with van der Waals surface area (Å²) in [5.41, 5.74) is 5.80. The molecule has 0 aliphatic heterocycles. The van der Waals surface area contributed by atoms with Crippen molar-refractivity contribution in [3.05, 3.63) is 29.8 Å². The molecule has 0 aliphatic carbocycles. The molecule has 0 spiro atoms. The fourth-order valence-electron chi connectivity index (χ4n) is 0.692. The number of nitrogen functional groups attached to an aromatic ring is 1. The van der Waals surface area contributed by atoms with Gasteiger partial charge in [-0.1, -0.05) is 12.1 Å². The standard InChI is InChI=1S/C7H7NO2/c8-6-4-2-1-3-5(6)7(9)10/h1-4H,8H2,(H,9,10)/i8+1. The molecule has 1 aromatic rings. The van der Waals surface area contributed by atoms with Gasteiger partial charge in [-0.15, -0.1) is 0 Å². The lowest BCUT2D eigenvalue weighted by Gasteiger charge is -1.96. The van der Waals surface area contributed by atoms with Crippen molar-refractivity contribution in [1.82, 2.24) is 0 Å². The lowest BCUT2D eigenvalue weighted by molar-refractivity contribution is 0.0698. The number of hydrogen-bond donors (Lipinski definition) is 2. The normalized spacial score (nSPS) is 9.20. The molecule has 0 saturated carbocycles. The number of rotatable bonds is 1. The Morgan fingerprint density at radius 3 is 2.40 bits per heavy atom. The van der Waals surface area contributed by atoms with E-state index in [9.17, 15) is 4.79 Å². The Labute approximate surface area is 58.1 Å². The molecule has 1 aromatic carbocycles. The lowest BCUT2D eigenvalue weighted by Crippen LogP contribution is -2.00. The highest BCUT2D eigenvalue weighted by Gasteiger charge is 2.03. The molecule has 1 rings (SSSR count). The van der Waals surface area contributed by atoms with E-state index in [0.717, 1.165) is 0 Å². The predicted octanol–water partition coefficient (Wildman–Crippen LogP) is 0.967. The monoisotopic (exact) mass is 138 g/mol. The molecule has 0 amide bonds. The van der Waals surface area contributed by atoms with Gasteiger partial charge < -0.3 is 10.8 Å². The van der Waals surface area contributed by atoms with Crippen LogP contribution in [-0.4, -0.2) is 11.1 Å². The summed E-state index contributed by atoms with van der Waals surface area (Å²) in [7, 11) is 0. The van der Waals surface area contributed by atoms with Crippen LogP contribution in [0.1, 0.15) is 10.4 Å². The number of benzene rings is 1. The van der Waals surface area contributed by atoms with Gasteiger partial charge in [-0.3, -0.25) is 0 Å². The Morgan fingerprint density at radius 1 is 1.40 bits per heavy atom. The van der Waals surface area contributed by atoms with E-state index in [1.165, 1.54) is 6.07 Å². The average Bonchev–Trinajstić information content (AvgIpc) is 1.88. The topological polar surface area (TPSA) is 63.3 Å². The highest BCUT2D eigenvalue weighted by molar-refractivity contribution is 5.93. The summed E-state index contributed by atoms with van der Waals surface area (Å²) in [6, 6.07) is 6.36. The minimum absolute atomic E-state index is 0.155. The van der Waals surface area contributed by atoms with Crippen LogP contribution in [0, 0.1) is 0 Å². The Morgan fingerprint density at radius 2 is 2.00 bits per heavy atom. The molecule has 0 heterocycles. The van der Waals surface area contributed by atoms with Crippen LogP contribution < -0.4 is 5.73 Å². The summed E-state index contributed by atoms with van der Waals surface area (Å²) < 4.78 is 0. The van der Waals surface area contributed by atoms with Gasteiger partial charge in [0.25, 0.3) is 0 Å². The van der Waals surface area contributed by atoms with Crippen molar-refractivity contribution in [3.63, 3.8) is 0 Å². The molecule has 0 radical (unpaired) electrons. The largest absolute Gasteiger partial charge is 0.478 e. The second-order valence-corrected chi connectivity index (χ2v) is 1.89. The second kappa shape index (κ2) is 2.39. The first-order chi connectivity index (χ1) is 4.72. The number of anilines is 1. The molecule has 0 bridgehead atoms. The van der Waals surface area contributed by atoms with Crippen LogP contribution in [0.4, 0.5) is 5.69 Å². The molecule has 52 valence electrons. The summed E-state index contributed by atoms with van der Waals surface area (Å²) in [4.78, 5) is 10.3. The molecule has 0 aliphatic rings. The quantitative estimate of drug-likeness (QED) is 0.449. The maximum absolute atomic E-state index is 10.3. The second-order valence-electron chi connectivity index (χ2n) is 1.89. The van der Waals surface area contributed by atoms with Crippen molar-refractivity contribution in [2.24, 2.45) is 0 Å². The summed E-state index contributed by atoms with van der Waals surface area (Å²) in [5, 5.41) is 8.49. The van der Waals surface area contributed by atoms with Crippen molar-refractivity contribution in [2.45, 2.75) is 0 Å². The first-order valence-electron chi connectivity index (χ1n) is 2.79. The molecule has 10 heavy (non-hydrogen) atoms. The maximum Gasteiger partial charge on any atom is 0.337 e. The Balaban J connectivity index is 3.15. The predicted molar refractivity (Wildman–Crippen MR) is 37.8 cm³/mol. The van der Waals surface area contributed by atoms with Gasteiger partial charge >= 0.3 is 5.97 Å². The van der Waals surface area contributed by atoms with Crippen molar-refractivity contribution in [3.8, 4) is 0 Å². The van der Waals surface area contributed by atoms with Gasteiger partial charge in [0.05, 0.1) is 5.56 Å². The minimum Gasteiger partial charge on any atom is -0.478 e. The van der Waals surface area contributed by atoms with E-state index >= 15 is 0 Å². The molecule has 0 aromatic heterocycles. The van der Waals surface area contributed by atoms with Gasteiger partial charge in [-0.25, -0.2) is 4.79 Å². The number of nitrogens with two attached hydrogens (primary N) is 1. The Kier molecular flexibility index (Phi) is 1.58. The van der Waals surface area contributed by atoms with Gasteiger partial charge in [-0.05, 0) is 12.1 Å². The molecule has 0 unspecified atom stereocenters. The van der Waals surface area contributed by atoms with Crippen LogP contribution in [-0.2, 0) is 0 Å². The van der Waals surface area contributed by atoms with Crippen molar-refractivity contribution >= 4 is 11.7 Å². The fraction of sp³-hybridized carbons (Fsp3) is 0. The number of carboxylic acids is 1. The van der Waals surface area contributed by atoms with Crippen molar-refractivity contribution in [1.29, 1.82) is 0 Å². The Bertz CT molecular complexity index is 258. The number of carbonyl (C=O) groups is 1. The lowest BCUT2D eigenvalue weighted by atomic mass is 10.2. The fourth-order valence-corrected chi connectivity index (χ4v) is 0.692. The van der Waals surface area contributed by atoms with E-state index in [2.05, 4.69) is 0 Å². The van der Waals surface area contributed by atoms with Gasteiger partial charge in [0.15, 0.2) is 0 Å². The smallest absolute Gasteiger partial charge is 0.337 e. The van der Waals surface area contributed by atoms with Gasteiger partial charge in [0.1, 0.15) is 0 Å². The molecule has 0 atom stereocenters. The van der Waals surface area contributed by atoms with Crippen LogP contribution in [0.15, 0.2) is 24.3 Å². The van der Waals surface area contributed by atoms with Gasteiger partial charge in [-0.2, -0.15) is 0 Å². The summed E-state index contributed by atoms with van der Waals surface area (Å²) in [5.74, 6) is -0.988. The van der Waals surface area contributed by atoms with Crippen LogP contribution in [0.3, 0.4) is 0 Å². The zero-order chi connectivity index (χ0) is 7.56. The SMILES string of the molecule is [15NH2]c1ccccc1C(=O)O. The summed E-state index contributed by atoms with van der Waals surface area (Å²) in [6.45, 7) is 0. The van der Waals surface area contributed by atoms with E-state index in [4.69, 9.17) is 10.8 Å².